The highest BCUT2D eigenvalue weighted by atomic mass is 32.1. The van der Waals surface area contributed by atoms with Crippen molar-refractivity contribution in [3.05, 3.63) is 64.9 Å². The lowest BCUT2D eigenvalue weighted by Gasteiger charge is -2.16. The number of thiophene rings is 1. The first-order valence-electron chi connectivity index (χ1n) is 8.72. The van der Waals surface area contributed by atoms with Gasteiger partial charge in [-0.2, -0.15) is 0 Å². The van der Waals surface area contributed by atoms with Crippen molar-refractivity contribution in [3.63, 3.8) is 0 Å². The van der Waals surface area contributed by atoms with E-state index < -0.39 is 0 Å². The standard InChI is InChI=1S/C20H23N3OS/c1-14-18(22-20(24-14)19-8-5-9-25-19)13-23-11-16(10-21)17(12-23)15-6-3-2-4-7-15/h2-9,16-17H,10-13,21H2,1H3/t16-,17+/m1/s1. The van der Waals surface area contributed by atoms with Gasteiger partial charge in [0.2, 0.25) is 5.89 Å². The van der Waals surface area contributed by atoms with Crippen LogP contribution in [0.5, 0.6) is 0 Å². The number of rotatable bonds is 5. The minimum Gasteiger partial charge on any atom is -0.440 e. The van der Waals surface area contributed by atoms with Gasteiger partial charge in [0.05, 0.1) is 10.6 Å². The van der Waals surface area contributed by atoms with Gasteiger partial charge in [-0.15, -0.1) is 11.3 Å². The Morgan fingerprint density at radius 2 is 2.04 bits per heavy atom. The first-order valence-corrected chi connectivity index (χ1v) is 9.60. The molecule has 1 aliphatic heterocycles. The summed E-state index contributed by atoms with van der Waals surface area (Å²) in [5.74, 6) is 2.63. The summed E-state index contributed by atoms with van der Waals surface area (Å²) in [6, 6.07) is 14.8. The molecule has 0 aliphatic carbocycles. The van der Waals surface area contributed by atoms with Gasteiger partial charge in [0.25, 0.3) is 0 Å². The quantitative estimate of drug-likeness (QED) is 0.756. The number of benzene rings is 1. The van der Waals surface area contributed by atoms with E-state index in [0.717, 1.165) is 41.9 Å². The van der Waals surface area contributed by atoms with E-state index in [1.807, 2.05) is 24.4 Å². The van der Waals surface area contributed by atoms with Crippen LogP contribution >= 0.6 is 11.3 Å². The van der Waals surface area contributed by atoms with E-state index in [1.54, 1.807) is 11.3 Å². The molecule has 2 aromatic heterocycles. The molecule has 1 aromatic carbocycles. The van der Waals surface area contributed by atoms with Crippen molar-refractivity contribution in [2.45, 2.75) is 19.4 Å². The smallest absolute Gasteiger partial charge is 0.236 e. The van der Waals surface area contributed by atoms with Gasteiger partial charge in [0.15, 0.2) is 0 Å². The Labute approximate surface area is 152 Å². The lowest BCUT2D eigenvalue weighted by molar-refractivity contribution is 0.311. The summed E-state index contributed by atoms with van der Waals surface area (Å²) in [6.07, 6.45) is 0. The molecular weight excluding hydrogens is 330 g/mol. The van der Waals surface area contributed by atoms with Gasteiger partial charge in [-0.1, -0.05) is 36.4 Å². The molecule has 3 aromatic rings. The predicted octanol–water partition coefficient (Wildman–Crippen LogP) is 3.89. The van der Waals surface area contributed by atoms with Gasteiger partial charge in [-0.3, -0.25) is 4.90 Å². The van der Waals surface area contributed by atoms with Crippen molar-refractivity contribution in [2.24, 2.45) is 11.7 Å². The second kappa shape index (κ2) is 7.12. The lowest BCUT2D eigenvalue weighted by atomic mass is 9.89. The largest absolute Gasteiger partial charge is 0.440 e. The van der Waals surface area contributed by atoms with E-state index >= 15 is 0 Å². The van der Waals surface area contributed by atoms with Crippen LogP contribution in [0.25, 0.3) is 10.8 Å². The Kier molecular flexibility index (Phi) is 4.70. The van der Waals surface area contributed by atoms with Gasteiger partial charge in [-0.05, 0) is 36.4 Å². The highest BCUT2D eigenvalue weighted by Crippen LogP contribution is 2.33. The summed E-state index contributed by atoms with van der Waals surface area (Å²) in [6.45, 7) is 5.57. The summed E-state index contributed by atoms with van der Waals surface area (Å²) in [4.78, 5) is 8.27. The number of hydrogen-bond acceptors (Lipinski definition) is 5. The maximum Gasteiger partial charge on any atom is 0.236 e. The zero-order valence-electron chi connectivity index (χ0n) is 14.4. The maximum atomic E-state index is 6.06. The summed E-state index contributed by atoms with van der Waals surface area (Å²) < 4.78 is 5.88. The van der Waals surface area contributed by atoms with Crippen molar-refractivity contribution in [2.75, 3.05) is 19.6 Å². The van der Waals surface area contributed by atoms with Gasteiger partial charge in [-0.25, -0.2) is 4.98 Å². The Hall–Kier alpha value is -1.95. The molecule has 2 N–H and O–H groups in total. The molecule has 1 fully saturated rings. The van der Waals surface area contributed by atoms with Crippen molar-refractivity contribution in [3.8, 4) is 10.8 Å². The first-order chi connectivity index (χ1) is 12.2. The molecule has 25 heavy (non-hydrogen) atoms. The van der Waals surface area contributed by atoms with Gasteiger partial charge < -0.3 is 10.2 Å². The fourth-order valence-corrected chi connectivity index (χ4v) is 4.35. The van der Waals surface area contributed by atoms with Crippen molar-refractivity contribution < 1.29 is 4.42 Å². The van der Waals surface area contributed by atoms with Crippen molar-refractivity contribution in [1.82, 2.24) is 9.88 Å². The summed E-state index contributed by atoms with van der Waals surface area (Å²) in [7, 11) is 0. The van der Waals surface area contributed by atoms with Gasteiger partial charge >= 0.3 is 0 Å². The van der Waals surface area contributed by atoms with Gasteiger partial charge in [0.1, 0.15) is 5.76 Å². The predicted molar refractivity (Wildman–Crippen MR) is 102 cm³/mol. The van der Waals surface area contributed by atoms with E-state index in [0.29, 0.717) is 18.4 Å². The van der Waals surface area contributed by atoms with Crippen LogP contribution < -0.4 is 5.73 Å². The fraction of sp³-hybridized carbons (Fsp3) is 0.350. The van der Waals surface area contributed by atoms with Crippen LogP contribution in [0.4, 0.5) is 0 Å². The second-order valence-electron chi connectivity index (χ2n) is 6.71. The number of aryl methyl sites for hydroxylation is 1. The third kappa shape index (κ3) is 3.40. The van der Waals surface area contributed by atoms with E-state index in [-0.39, 0.29) is 0 Å². The van der Waals surface area contributed by atoms with Crippen LogP contribution in [0.15, 0.2) is 52.3 Å². The van der Waals surface area contributed by atoms with Crippen molar-refractivity contribution >= 4 is 11.3 Å². The summed E-state index contributed by atoms with van der Waals surface area (Å²) in [5.41, 5.74) is 8.48. The van der Waals surface area contributed by atoms with Crippen LogP contribution in [0, 0.1) is 12.8 Å². The van der Waals surface area contributed by atoms with Crippen LogP contribution in [0.3, 0.4) is 0 Å². The topological polar surface area (TPSA) is 55.3 Å². The Bertz CT molecular complexity index is 813. The number of hydrogen-bond donors (Lipinski definition) is 1. The first kappa shape index (κ1) is 16.5. The molecule has 5 heteroatoms. The SMILES string of the molecule is Cc1oc(-c2cccs2)nc1CN1C[C@@H](CN)[C@H](c2ccccc2)C1. The monoisotopic (exact) mass is 353 g/mol. The number of nitrogens with zero attached hydrogens (tertiary/aromatic N) is 2. The molecule has 4 rings (SSSR count). The zero-order chi connectivity index (χ0) is 17.2. The van der Waals surface area contributed by atoms with Crippen LogP contribution in [-0.2, 0) is 6.54 Å². The Morgan fingerprint density at radius 1 is 1.20 bits per heavy atom. The molecule has 4 nitrogen and oxygen atoms in total. The van der Waals surface area contributed by atoms with Crippen LogP contribution in [0.1, 0.15) is 22.9 Å². The molecule has 0 saturated carbocycles. The van der Waals surface area contributed by atoms with E-state index in [9.17, 15) is 0 Å². The molecule has 0 unspecified atom stereocenters. The minimum atomic E-state index is 0.492. The molecule has 130 valence electrons. The number of oxazole rings is 1. The molecule has 3 heterocycles. The zero-order valence-corrected chi connectivity index (χ0v) is 15.2. The average Bonchev–Trinajstić information content (AvgIpc) is 3.36. The van der Waals surface area contributed by atoms with Crippen LogP contribution in [-0.4, -0.2) is 29.5 Å². The number of likely N-dealkylation sites (tertiary alicyclic amines) is 1. The third-order valence-electron chi connectivity index (χ3n) is 5.05. The summed E-state index contributed by atoms with van der Waals surface area (Å²) >= 11 is 1.66. The highest BCUT2D eigenvalue weighted by Gasteiger charge is 2.33. The van der Waals surface area contributed by atoms with E-state index in [1.165, 1.54) is 5.56 Å². The number of nitrogens with two attached hydrogens (primary N) is 1. The van der Waals surface area contributed by atoms with Crippen molar-refractivity contribution in [1.29, 1.82) is 0 Å². The van der Waals surface area contributed by atoms with Gasteiger partial charge in [0, 0.05) is 25.6 Å². The molecule has 1 saturated heterocycles. The lowest BCUT2D eigenvalue weighted by Crippen LogP contribution is -2.23. The molecule has 0 radical (unpaired) electrons. The average molecular weight is 353 g/mol. The summed E-state index contributed by atoms with van der Waals surface area (Å²) in [5, 5.41) is 2.05. The normalized spacial score (nSPS) is 21.0. The molecular formula is C20H23N3OS. The second-order valence-corrected chi connectivity index (χ2v) is 7.65. The Balaban J connectivity index is 1.50. The van der Waals surface area contributed by atoms with Crippen LogP contribution in [0.2, 0.25) is 0 Å². The molecule has 0 bridgehead atoms. The highest BCUT2D eigenvalue weighted by molar-refractivity contribution is 7.13. The molecule has 0 amide bonds. The molecule has 2 atom stereocenters. The molecule has 1 aliphatic rings. The fourth-order valence-electron chi connectivity index (χ4n) is 3.70. The Morgan fingerprint density at radius 3 is 2.76 bits per heavy atom. The third-order valence-corrected chi connectivity index (χ3v) is 5.90. The van der Waals surface area contributed by atoms with E-state index in [2.05, 4.69) is 35.2 Å². The number of aromatic nitrogens is 1. The molecule has 0 spiro atoms. The van der Waals surface area contributed by atoms with E-state index in [4.69, 9.17) is 15.1 Å². The maximum absolute atomic E-state index is 6.06. The minimum absolute atomic E-state index is 0.492.